The van der Waals surface area contributed by atoms with Crippen molar-refractivity contribution in [3.63, 3.8) is 0 Å². The van der Waals surface area contributed by atoms with Crippen molar-refractivity contribution in [1.29, 1.82) is 5.26 Å². The molecule has 1 saturated heterocycles. The van der Waals surface area contributed by atoms with E-state index in [1.807, 2.05) is 0 Å². The van der Waals surface area contributed by atoms with Crippen molar-refractivity contribution < 1.29 is 8.42 Å². The molecule has 1 aliphatic heterocycles. The lowest BCUT2D eigenvalue weighted by molar-refractivity contribution is 0.242. The molecule has 1 atom stereocenters. The van der Waals surface area contributed by atoms with Gasteiger partial charge in [-0.1, -0.05) is 20.3 Å². The highest BCUT2D eigenvalue weighted by atomic mass is 32.2. The maximum Gasteiger partial charge on any atom is 0.280 e. The van der Waals surface area contributed by atoms with E-state index in [2.05, 4.69) is 24.6 Å². The number of nitrogens with zero attached hydrogens (tertiary/aromatic N) is 2. The largest absolute Gasteiger partial charge is 0.280 e. The molecule has 0 bridgehead atoms. The topological polar surface area (TPSA) is 73.2 Å². The third-order valence-electron chi connectivity index (χ3n) is 5.03. The molecule has 21 heavy (non-hydrogen) atoms. The summed E-state index contributed by atoms with van der Waals surface area (Å²) in [6.07, 6.45) is 6.21. The van der Waals surface area contributed by atoms with E-state index in [1.54, 1.807) is 0 Å². The zero-order valence-electron chi connectivity index (χ0n) is 13.1. The standard InChI is InChI=1S/C15H27N3O2S/c1-3-14-6-8-15(12-16,9-7-14)17-21(19,20)18-10-4-5-13(2)11-18/h13-14,17H,3-11H2,1-2H3. The van der Waals surface area contributed by atoms with Crippen LogP contribution in [0.15, 0.2) is 0 Å². The molecule has 2 aliphatic rings. The molecule has 5 nitrogen and oxygen atoms in total. The molecule has 1 N–H and O–H groups in total. The molecule has 0 radical (unpaired) electrons. The molecular weight excluding hydrogens is 286 g/mol. The third kappa shape index (κ3) is 3.97. The summed E-state index contributed by atoms with van der Waals surface area (Å²) in [5, 5.41) is 9.52. The highest BCUT2D eigenvalue weighted by Crippen LogP contribution is 2.34. The van der Waals surface area contributed by atoms with Crippen LogP contribution in [0.3, 0.4) is 0 Å². The minimum atomic E-state index is -3.55. The van der Waals surface area contributed by atoms with E-state index in [9.17, 15) is 13.7 Å². The van der Waals surface area contributed by atoms with Gasteiger partial charge in [0.05, 0.1) is 6.07 Å². The number of piperidine rings is 1. The fraction of sp³-hybridized carbons (Fsp3) is 0.933. The van der Waals surface area contributed by atoms with Crippen molar-refractivity contribution in [2.24, 2.45) is 11.8 Å². The van der Waals surface area contributed by atoms with Crippen molar-refractivity contribution in [2.75, 3.05) is 13.1 Å². The Labute approximate surface area is 128 Å². The average Bonchev–Trinajstić information content (AvgIpc) is 2.47. The van der Waals surface area contributed by atoms with E-state index < -0.39 is 15.7 Å². The summed E-state index contributed by atoms with van der Waals surface area (Å²) < 4.78 is 29.4. The minimum absolute atomic E-state index is 0.393. The normalized spacial score (nSPS) is 35.3. The summed E-state index contributed by atoms with van der Waals surface area (Å²) in [5.74, 6) is 1.02. The summed E-state index contributed by atoms with van der Waals surface area (Å²) in [7, 11) is -3.55. The van der Waals surface area contributed by atoms with Gasteiger partial charge in [0.1, 0.15) is 5.54 Å². The Morgan fingerprint density at radius 3 is 2.52 bits per heavy atom. The SMILES string of the molecule is CCC1CCC(C#N)(NS(=O)(=O)N2CCCC(C)C2)CC1. The smallest absolute Gasteiger partial charge is 0.196 e. The Morgan fingerprint density at radius 2 is 2.00 bits per heavy atom. The first-order chi connectivity index (χ1) is 9.91. The van der Waals surface area contributed by atoms with Gasteiger partial charge in [0.2, 0.25) is 0 Å². The molecule has 1 saturated carbocycles. The van der Waals surface area contributed by atoms with Crippen LogP contribution >= 0.6 is 0 Å². The third-order valence-corrected chi connectivity index (χ3v) is 6.69. The van der Waals surface area contributed by atoms with E-state index in [-0.39, 0.29) is 0 Å². The lowest BCUT2D eigenvalue weighted by Gasteiger charge is -2.38. The van der Waals surface area contributed by atoms with Gasteiger partial charge in [-0.25, -0.2) is 0 Å². The Bertz CT molecular complexity index is 490. The van der Waals surface area contributed by atoms with Gasteiger partial charge in [0.15, 0.2) is 0 Å². The van der Waals surface area contributed by atoms with Crippen LogP contribution in [-0.2, 0) is 10.2 Å². The van der Waals surface area contributed by atoms with Crippen molar-refractivity contribution in [3.05, 3.63) is 0 Å². The van der Waals surface area contributed by atoms with Crippen LogP contribution < -0.4 is 4.72 Å². The molecule has 0 spiro atoms. The Hall–Kier alpha value is -0.640. The van der Waals surface area contributed by atoms with Crippen molar-refractivity contribution >= 4 is 10.2 Å². The average molecular weight is 313 g/mol. The molecule has 0 aromatic carbocycles. The molecule has 0 aromatic rings. The number of nitriles is 1. The maximum absolute atomic E-state index is 12.6. The van der Waals surface area contributed by atoms with E-state index in [0.717, 1.165) is 32.1 Å². The summed E-state index contributed by atoms with van der Waals surface area (Å²) in [4.78, 5) is 0. The summed E-state index contributed by atoms with van der Waals surface area (Å²) in [6, 6.07) is 2.25. The molecule has 2 fully saturated rings. The number of hydrogen-bond donors (Lipinski definition) is 1. The van der Waals surface area contributed by atoms with Gasteiger partial charge in [0.25, 0.3) is 10.2 Å². The predicted molar refractivity (Wildman–Crippen MR) is 82.6 cm³/mol. The zero-order chi connectivity index (χ0) is 15.5. The first-order valence-electron chi connectivity index (χ1n) is 8.11. The summed E-state index contributed by atoms with van der Waals surface area (Å²) in [5.41, 5.74) is -0.898. The van der Waals surface area contributed by atoms with Gasteiger partial charge in [-0.05, 0) is 50.4 Å². The second-order valence-corrected chi connectivity index (χ2v) is 8.43. The lowest BCUT2D eigenvalue weighted by atomic mass is 9.77. The van der Waals surface area contributed by atoms with Gasteiger partial charge in [-0.3, -0.25) is 0 Å². The highest BCUT2D eigenvalue weighted by molar-refractivity contribution is 7.87. The van der Waals surface area contributed by atoms with E-state index in [1.165, 1.54) is 4.31 Å². The molecule has 1 heterocycles. The first kappa shape index (κ1) is 16.7. The minimum Gasteiger partial charge on any atom is -0.196 e. The van der Waals surface area contributed by atoms with Crippen LogP contribution in [-0.4, -0.2) is 31.4 Å². The molecular formula is C15H27N3O2S. The number of rotatable bonds is 4. The van der Waals surface area contributed by atoms with Crippen molar-refractivity contribution in [3.8, 4) is 6.07 Å². The fourth-order valence-corrected chi connectivity index (χ4v) is 5.18. The molecule has 0 amide bonds. The fourth-order valence-electron chi connectivity index (χ4n) is 3.49. The Kier molecular flexibility index (Phi) is 5.29. The van der Waals surface area contributed by atoms with Crippen LogP contribution in [0.4, 0.5) is 0 Å². The van der Waals surface area contributed by atoms with Crippen LogP contribution in [0, 0.1) is 23.2 Å². The molecule has 0 aromatic heterocycles. The Morgan fingerprint density at radius 1 is 1.33 bits per heavy atom. The van der Waals surface area contributed by atoms with Crippen LogP contribution in [0.2, 0.25) is 0 Å². The van der Waals surface area contributed by atoms with Gasteiger partial charge in [0, 0.05) is 13.1 Å². The van der Waals surface area contributed by atoms with Crippen LogP contribution in [0.25, 0.3) is 0 Å². The van der Waals surface area contributed by atoms with Crippen molar-refractivity contribution in [2.45, 2.75) is 64.3 Å². The van der Waals surface area contributed by atoms with Gasteiger partial charge < -0.3 is 0 Å². The van der Waals surface area contributed by atoms with Crippen LogP contribution in [0.5, 0.6) is 0 Å². The number of nitrogens with one attached hydrogen (secondary N) is 1. The van der Waals surface area contributed by atoms with Gasteiger partial charge >= 0.3 is 0 Å². The second kappa shape index (κ2) is 6.64. The van der Waals surface area contributed by atoms with Crippen LogP contribution in [0.1, 0.15) is 58.8 Å². The van der Waals surface area contributed by atoms with Gasteiger partial charge in [-0.2, -0.15) is 22.7 Å². The molecule has 2 rings (SSSR count). The summed E-state index contributed by atoms with van der Waals surface area (Å²) in [6.45, 7) is 5.37. The zero-order valence-corrected chi connectivity index (χ0v) is 14.0. The lowest BCUT2D eigenvalue weighted by Crippen LogP contribution is -2.55. The predicted octanol–water partition coefficient (Wildman–Crippen LogP) is 2.42. The molecule has 1 aliphatic carbocycles. The van der Waals surface area contributed by atoms with E-state index in [4.69, 9.17) is 0 Å². The molecule has 1 unspecified atom stereocenters. The van der Waals surface area contributed by atoms with Crippen molar-refractivity contribution in [1.82, 2.24) is 9.03 Å². The summed E-state index contributed by atoms with van der Waals surface area (Å²) >= 11 is 0. The molecule has 120 valence electrons. The van der Waals surface area contributed by atoms with Gasteiger partial charge in [-0.15, -0.1) is 0 Å². The Balaban J connectivity index is 2.06. The second-order valence-electron chi connectivity index (χ2n) is 6.76. The highest BCUT2D eigenvalue weighted by Gasteiger charge is 2.40. The number of hydrogen-bond acceptors (Lipinski definition) is 3. The first-order valence-corrected chi connectivity index (χ1v) is 9.55. The quantitative estimate of drug-likeness (QED) is 0.866. The van der Waals surface area contributed by atoms with E-state index in [0.29, 0.717) is 37.8 Å². The maximum atomic E-state index is 12.6. The molecule has 6 heteroatoms. The van der Waals surface area contributed by atoms with E-state index >= 15 is 0 Å². The monoisotopic (exact) mass is 313 g/mol.